The molecule has 6 rings (SSSR count). The lowest BCUT2D eigenvalue weighted by molar-refractivity contribution is -0.402. The van der Waals surface area contributed by atoms with Crippen molar-refractivity contribution in [2.45, 2.75) is 212 Å². The van der Waals surface area contributed by atoms with E-state index in [4.69, 9.17) is 61.6 Å². The molecular weight excluding hydrogens is 904 g/mol. The maximum Gasteiger partial charge on any atom is 0.341 e. The Hall–Kier alpha value is -1.57. The number of carboxylic acids is 1. The van der Waals surface area contributed by atoms with Crippen LogP contribution in [0.5, 0.6) is 0 Å². The predicted molar refractivity (Wildman–Crippen MR) is 203 cm³/mol. The number of aliphatic hydroxyl groups excluding tert-OH is 12. The molecule has 0 aromatic rings. The molecule has 66 heavy (non-hydrogen) atoms. The minimum Gasteiger partial charge on any atom is -0.479 e. The second-order valence-corrected chi connectivity index (χ2v) is 17.2. The van der Waals surface area contributed by atoms with Crippen molar-refractivity contribution in [3.8, 4) is 0 Å². The van der Waals surface area contributed by atoms with Gasteiger partial charge >= 0.3 is 5.97 Å². The molecule has 14 N–H and O–H groups in total. The van der Waals surface area contributed by atoms with E-state index < -0.39 is 197 Å². The summed E-state index contributed by atoms with van der Waals surface area (Å²) >= 11 is 0. The fraction of sp³-hybridized carbons (Fsp3) is 0.974. The molecule has 6 aliphatic rings. The summed E-state index contributed by atoms with van der Waals surface area (Å²) in [4.78, 5) is 12.9. The van der Waals surface area contributed by atoms with Gasteiger partial charge < -0.3 is 133 Å². The number of methoxy groups -OCH3 is 1. The molecule has 0 aromatic carbocycles. The van der Waals surface area contributed by atoms with Crippen LogP contribution in [-0.4, -0.2) is 276 Å². The Morgan fingerprint density at radius 3 is 1.77 bits per heavy atom. The summed E-state index contributed by atoms with van der Waals surface area (Å²) in [5, 5.41) is 151. The van der Waals surface area contributed by atoms with E-state index in [1.54, 1.807) is 0 Å². The van der Waals surface area contributed by atoms with Crippen LogP contribution in [0.1, 0.15) is 34.6 Å². The Labute approximate surface area is 376 Å². The minimum atomic E-state index is -3.06. The largest absolute Gasteiger partial charge is 0.479 e. The number of hydrogen-bond acceptors (Lipinski definition) is 27. The van der Waals surface area contributed by atoms with Gasteiger partial charge in [0, 0.05) is 7.11 Å². The van der Waals surface area contributed by atoms with Crippen molar-refractivity contribution >= 4 is 5.97 Å². The van der Waals surface area contributed by atoms with Crippen molar-refractivity contribution in [2.75, 3.05) is 20.3 Å². The topological polar surface area (TPSA) is 420 Å². The molecule has 0 aliphatic carbocycles. The maximum absolute atomic E-state index is 12.9. The van der Waals surface area contributed by atoms with Crippen molar-refractivity contribution in [1.29, 1.82) is 0 Å². The minimum absolute atomic E-state index is 0.616. The van der Waals surface area contributed by atoms with Crippen LogP contribution in [0.2, 0.25) is 0 Å². The van der Waals surface area contributed by atoms with Crippen LogP contribution in [0.25, 0.3) is 0 Å². The average molecular weight is 969 g/mol. The van der Waals surface area contributed by atoms with E-state index in [2.05, 4.69) is 0 Å². The highest BCUT2D eigenvalue weighted by molar-refractivity contribution is 5.79. The monoisotopic (exact) mass is 968 g/mol. The van der Waals surface area contributed by atoms with Crippen LogP contribution < -0.4 is 0 Å². The van der Waals surface area contributed by atoms with Gasteiger partial charge in [-0.15, -0.1) is 0 Å². The van der Waals surface area contributed by atoms with Gasteiger partial charge in [-0.2, -0.15) is 0 Å². The number of hydrogen-bond donors (Lipinski definition) is 14. The highest BCUT2D eigenvalue weighted by Crippen LogP contribution is 2.41. The highest BCUT2D eigenvalue weighted by Gasteiger charge is 2.65. The lowest BCUT2D eigenvalue weighted by Crippen LogP contribution is -2.68. The van der Waals surface area contributed by atoms with Crippen LogP contribution in [0.15, 0.2) is 0 Å². The lowest BCUT2D eigenvalue weighted by atomic mass is 9.92. The molecular formula is C38H64O28. The zero-order valence-corrected chi connectivity index (χ0v) is 36.6. The Balaban J connectivity index is 1.35. The number of aliphatic carboxylic acids is 1. The molecule has 29 atom stereocenters. The van der Waals surface area contributed by atoms with Gasteiger partial charge in [0.25, 0.3) is 0 Å². The van der Waals surface area contributed by atoms with Crippen LogP contribution in [0.3, 0.4) is 0 Å². The molecule has 6 heterocycles. The fourth-order valence-electron chi connectivity index (χ4n) is 8.71. The van der Waals surface area contributed by atoms with Gasteiger partial charge in [0.15, 0.2) is 50.1 Å². The van der Waals surface area contributed by atoms with E-state index in [9.17, 15) is 76.3 Å². The normalized spacial score (nSPS) is 53.1. The fourth-order valence-corrected chi connectivity index (χ4v) is 8.71. The molecule has 0 unspecified atom stereocenters. The molecule has 6 fully saturated rings. The third-order valence-electron chi connectivity index (χ3n) is 12.6. The maximum atomic E-state index is 12.9. The highest BCUT2D eigenvalue weighted by atomic mass is 16.8. The van der Waals surface area contributed by atoms with Crippen LogP contribution >= 0.6 is 0 Å². The van der Waals surface area contributed by atoms with Crippen molar-refractivity contribution in [2.24, 2.45) is 0 Å². The standard InChI is InChI=1S/C38H64O28/c1-9-16(42)19(45)20(46)32(57-9)64-28-18(44)14(41)8-55-33(28)62-25-15(7-39)61-35(29(22(25)48)65-34-27(54-6)21(47)24(11(3)58-34)60-13(5)40)66-30-36(59-12(4)38(30,53)37(51)52)63-26-17(43)10(2)56-31(50)23(26)49/h9-36,39-50,53H,7-8H2,1-6H3,(H,51,52)/t9-,10-,11-,12+,13+,14-,15+,16-,17-,18-,19+,20+,21+,22-,23+,24+,25-,26+,27-,28+,29+,30-,31+,32-,33-,34-,35-,36+,38-/m0/s1. The summed E-state index contributed by atoms with van der Waals surface area (Å²) in [6.45, 7) is 4.85. The Morgan fingerprint density at radius 1 is 0.591 bits per heavy atom. The van der Waals surface area contributed by atoms with Gasteiger partial charge in [0.05, 0.1) is 31.5 Å². The van der Waals surface area contributed by atoms with Gasteiger partial charge in [-0.25, -0.2) is 4.79 Å². The van der Waals surface area contributed by atoms with Gasteiger partial charge in [-0.05, 0) is 34.6 Å². The molecule has 0 amide bonds. The van der Waals surface area contributed by atoms with Crippen molar-refractivity contribution in [3.63, 3.8) is 0 Å². The first-order chi connectivity index (χ1) is 31.0. The van der Waals surface area contributed by atoms with Crippen LogP contribution in [-0.2, 0) is 66.4 Å². The molecule has 0 spiro atoms. The Bertz CT molecular complexity index is 1550. The third kappa shape index (κ3) is 10.6. The van der Waals surface area contributed by atoms with Gasteiger partial charge in [-0.3, -0.25) is 0 Å². The van der Waals surface area contributed by atoms with Gasteiger partial charge in [0.2, 0.25) is 5.60 Å². The SMILES string of the molecule is CO[C@@H]1[C@H](O[C@H]2[C@H](O[C@H]3[C@@H](O[C@@H]4[C@@H](O)[C@H](C)O[C@@H](O)[C@@H]4O)O[C@H](C)[C@@]3(O)C(=O)O)O[C@H](CO)[C@H](O[C@@H]3OC[C@H](O)[C@H](O)[C@H]3O[C@@H]3O[C@@H](C)[C@H](O)[C@@H](O)[C@H]3O)[C@@H]2O)O[C@@H](C)[C@@H](O[C@H](C)O)[C@H]1O. The Morgan fingerprint density at radius 2 is 1.15 bits per heavy atom. The Kier molecular flexibility index (Phi) is 17.8. The summed E-state index contributed by atoms with van der Waals surface area (Å²) in [6, 6.07) is 0. The summed E-state index contributed by atoms with van der Waals surface area (Å²) in [6.07, 6.45) is -48.2. The quantitative estimate of drug-likeness (QED) is 0.0678. The number of carbonyl (C=O) groups is 1. The first-order valence-corrected chi connectivity index (χ1v) is 21.4. The summed E-state index contributed by atoms with van der Waals surface area (Å²) in [5.41, 5.74) is -3.06. The molecule has 0 saturated carbocycles. The summed E-state index contributed by atoms with van der Waals surface area (Å²) in [5.74, 6) is -1.94. The van der Waals surface area contributed by atoms with Gasteiger partial charge in [-0.1, -0.05) is 0 Å². The van der Waals surface area contributed by atoms with Gasteiger partial charge in [0.1, 0.15) is 104 Å². The third-order valence-corrected chi connectivity index (χ3v) is 12.6. The first-order valence-electron chi connectivity index (χ1n) is 21.4. The number of carboxylic acid groups (broad SMARTS) is 1. The molecule has 6 aliphatic heterocycles. The first kappa shape index (κ1) is 53.8. The van der Waals surface area contributed by atoms with E-state index >= 15 is 0 Å². The van der Waals surface area contributed by atoms with Crippen molar-refractivity contribution in [3.05, 3.63) is 0 Å². The second-order valence-electron chi connectivity index (χ2n) is 17.2. The smallest absolute Gasteiger partial charge is 0.341 e. The molecule has 0 radical (unpaired) electrons. The lowest BCUT2D eigenvalue weighted by Gasteiger charge is -2.50. The molecule has 0 aromatic heterocycles. The van der Waals surface area contributed by atoms with Crippen molar-refractivity contribution < 1.29 is 138 Å². The van der Waals surface area contributed by atoms with Crippen LogP contribution in [0.4, 0.5) is 0 Å². The summed E-state index contributed by atoms with van der Waals surface area (Å²) in [7, 11) is 1.15. The zero-order chi connectivity index (χ0) is 48.8. The second kappa shape index (κ2) is 21.8. The number of aliphatic hydroxyl groups is 13. The predicted octanol–water partition coefficient (Wildman–Crippen LogP) is -8.24. The van der Waals surface area contributed by atoms with E-state index in [0.29, 0.717) is 0 Å². The van der Waals surface area contributed by atoms with E-state index in [0.717, 1.165) is 14.0 Å². The molecule has 6 saturated heterocycles. The number of ether oxygens (including phenoxy) is 13. The summed E-state index contributed by atoms with van der Waals surface area (Å²) < 4.78 is 74.9. The van der Waals surface area contributed by atoms with Crippen molar-refractivity contribution in [1.82, 2.24) is 0 Å². The average Bonchev–Trinajstić information content (AvgIpc) is 3.50. The van der Waals surface area contributed by atoms with Crippen LogP contribution in [0, 0.1) is 0 Å². The molecule has 28 nitrogen and oxygen atoms in total. The molecule has 384 valence electrons. The number of rotatable bonds is 15. The van der Waals surface area contributed by atoms with E-state index in [1.807, 2.05) is 0 Å². The zero-order valence-electron chi connectivity index (χ0n) is 36.6. The van der Waals surface area contributed by atoms with E-state index in [1.165, 1.54) is 27.7 Å². The molecule has 0 bridgehead atoms. The van der Waals surface area contributed by atoms with E-state index in [-0.39, 0.29) is 0 Å². The molecule has 28 heteroatoms.